The number of ether oxygens (including phenoxy) is 2. The van der Waals surface area contributed by atoms with Crippen LogP contribution in [0.1, 0.15) is 11.4 Å². The first-order chi connectivity index (χ1) is 9.71. The summed E-state index contributed by atoms with van der Waals surface area (Å²) in [5.41, 5.74) is 1.81. The van der Waals surface area contributed by atoms with E-state index in [1.165, 1.54) is 0 Å². The maximum Gasteiger partial charge on any atom is 0.183 e. The van der Waals surface area contributed by atoms with Crippen molar-refractivity contribution in [2.45, 2.75) is 16.8 Å². The number of alkyl halides is 1. The highest BCUT2D eigenvalue weighted by Crippen LogP contribution is 2.33. The van der Waals surface area contributed by atoms with E-state index in [9.17, 15) is 0 Å². The Hall–Kier alpha value is -1.40. The molecule has 0 aliphatic carbocycles. The van der Waals surface area contributed by atoms with Crippen molar-refractivity contribution in [2.24, 2.45) is 7.05 Å². The van der Waals surface area contributed by atoms with Crippen LogP contribution in [0.2, 0.25) is 0 Å². The van der Waals surface area contributed by atoms with Crippen LogP contribution in [0.25, 0.3) is 0 Å². The summed E-state index contributed by atoms with van der Waals surface area (Å²) in [5, 5.41) is 0.896. The second kappa shape index (κ2) is 6.85. The minimum absolute atomic E-state index is 0.449. The fourth-order valence-electron chi connectivity index (χ4n) is 1.77. The van der Waals surface area contributed by atoms with Gasteiger partial charge < -0.3 is 14.0 Å². The lowest BCUT2D eigenvalue weighted by Crippen LogP contribution is -1.99. The van der Waals surface area contributed by atoms with Crippen molar-refractivity contribution < 1.29 is 9.47 Å². The molecule has 2 aromatic rings. The van der Waals surface area contributed by atoms with Gasteiger partial charge in [-0.25, -0.2) is 4.98 Å². The highest BCUT2D eigenvalue weighted by molar-refractivity contribution is 7.98. The topological polar surface area (TPSA) is 49.2 Å². The molecule has 0 atom stereocenters. The molecule has 5 nitrogen and oxygen atoms in total. The van der Waals surface area contributed by atoms with Crippen LogP contribution in [-0.2, 0) is 18.7 Å². The molecule has 0 radical (unpaired) electrons. The SMILES string of the molecule is COc1ccnc(CSc2ncc(CCl)n2C)c1OC. The van der Waals surface area contributed by atoms with Gasteiger partial charge in [0, 0.05) is 25.1 Å². The number of aromatic nitrogens is 3. The first-order valence-corrected chi connectivity index (χ1v) is 7.48. The van der Waals surface area contributed by atoms with Crippen LogP contribution in [-0.4, -0.2) is 28.8 Å². The number of nitrogens with zero attached hydrogens (tertiary/aromatic N) is 3. The van der Waals surface area contributed by atoms with E-state index in [4.69, 9.17) is 21.1 Å². The van der Waals surface area contributed by atoms with E-state index in [1.54, 1.807) is 44.4 Å². The van der Waals surface area contributed by atoms with Crippen LogP contribution in [0.15, 0.2) is 23.6 Å². The monoisotopic (exact) mass is 313 g/mol. The lowest BCUT2D eigenvalue weighted by Gasteiger charge is -2.11. The molecule has 0 bridgehead atoms. The maximum atomic E-state index is 5.83. The predicted molar refractivity (Wildman–Crippen MR) is 79.7 cm³/mol. The first kappa shape index (κ1) is 15.0. The zero-order valence-electron chi connectivity index (χ0n) is 11.6. The van der Waals surface area contributed by atoms with Crippen LogP contribution in [0.4, 0.5) is 0 Å². The Morgan fingerprint density at radius 3 is 2.70 bits per heavy atom. The van der Waals surface area contributed by atoms with E-state index in [1.807, 2.05) is 11.6 Å². The lowest BCUT2D eigenvalue weighted by molar-refractivity contribution is 0.350. The second-order valence-electron chi connectivity index (χ2n) is 4.01. The third-order valence-electron chi connectivity index (χ3n) is 2.88. The largest absolute Gasteiger partial charge is 0.493 e. The summed E-state index contributed by atoms with van der Waals surface area (Å²) in [6, 6.07) is 1.78. The van der Waals surface area contributed by atoms with Gasteiger partial charge in [0.2, 0.25) is 0 Å². The number of rotatable bonds is 6. The van der Waals surface area contributed by atoms with Crippen LogP contribution in [0.5, 0.6) is 11.5 Å². The van der Waals surface area contributed by atoms with Crippen molar-refractivity contribution in [1.82, 2.24) is 14.5 Å². The minimum Gasteiger partial charge on any atom is -0.493 e. The Balaban J connectivity index is 2.16. The molecule has 0 saturated heterocycles. The van der Waals surface area contributed by atoms with Gasteiger partial charge in [0.1, 0.15) is 0 Å². The van der Waals surface area contributed by atoms with Gasteiger partial charge >= 0.3 is 0 Å². The van der Waals surface area contributed by atoms with E-state index in [2.05, 4.69) is 9.97 Å². The first-order valence-electron chi connectivity index (χ1n) is 5.96. The highest BCUT2D eigenvalue weighted by Gasteiger charge is 2.13. The van der Waals surface area contributed by atoms with Crippen LogP contribution in [0, 0.1) is 0 Å². The van der Waals surface area contributed by atoms with Crippen molar-refractivity contribution in [1.29, 1.82) is 0 Å². The Morgan fingerprint density at radius 2 is 2.10 bits per heavy atom. The Kier molecular flexibility index (Phi) is 5.14. The smallest absolute Gasteiger partial charge is 0.183 e. The van der Waals surface area contributed by atoms with Gasteiger partial charge in [-0.05, 0) is 0 Å². The summed E-state index contributed by atoms with van der Waals surface area (Å²) in [4.78, 5) is 8.68. The van der Waals surface area contributed by atoms with Crippen molar-refractivity contribution in [2.75, 3.05) is 14.2 Å². The van der Waals surface area contributed by atoms with Crippen molar-refractivity contribution in [3.05, 3.63) is 29.8 Å². The number of halogens is 1. The molecule has 20 heavy (non-hydrogen) atoms. The van der Waals surface area contributed by atoms with E-state index in [0.29, 0.717) is 23.1 Å². The summed E-state index contributed by atoms with van der Waals surface area (Å²) in [6.45, 7) is 0. The zero-order valence-corrected chi connectivity index (χ0v) is 13.2. The van der Waals surface area contributed by atoms with Gasteiger partial charge in [0.05, 0.1) is 37.7 Å². The van der Waals surface area contributed by atoms with E-state index in [-0.39, 0.29) is 0 Å². The fourth-order valence-corrected chi connectivity index (χ4v) is 2.93. The molecule has 2 heterocycles. The Bertz CT molecular complexity index is 589. The van der Waals surface area contributed by atoms with Gasteiger partial charge in [0.15, 0.2) is 16.7 Å². The summed E-state index contributed by atoms with van der Waals surface area (Å²) in [7, 11) is 5.17. The molecule has 108 valence electrons. The van der Waals surface area contributed by atoms with Gasteiger partial charge in [-0.15, -0.1) is 11.6 Å². The summed E-state index contributed by atoms with van der Waals surface area (Å²) in [5.74, 6) is 2.44. The molecule has 0 aliphatic rings. The number of methoxy groups -OCH3 is 2. The molecular weight excluding hydrogens is 298 g/mol. The van der Waals surface area contributed by atoms with Gasteiger partial charge in [-0.3, -0.25) is 4.98 Å². The van der Waals surface area contributed by atoms with Gasteiger partial charge in [-0.1, -0.05) is 11.8 Å². The standard InChI is InChI=1S/C13H16ClN3O2S/c1-17-9(6-14)7-16-13(17)20-8-10-12(19-3)11(18-2)4-5-15-10/h4-5,7H,6,8H2,1-3H3. The maximum absolute atomic E-state index is 5.83. The van der Waals surface area contributed by atoms with Crippen LogP contribution < -0.4 is 9.47 Å². The normalized spacial score (nSPS) is 10.6. The Labute approximate surface area is 127 Å². The number of hydrogen-bond donors (Lipinski definition) is 0. The van der Waals surface area contributed by atoms with Crippen molar-refractivity contribution in [3.8, 4) is 11.5 Å². The number of hydrogen-bond acceptors (Lipinski definition) is 5. The predicted octanol–water partition coefficient (Wildman–Crippen LogP) is 2.86. The van der Waals surface area contributed by atoms with E-state index >= 15 is 0 Å². The minimum atomic E-state index is 0.449. The molecule has 0 aromatic carbocycles. The fraction of sp³-hybridized carbons (Fsp3) is 0.385. The molecule has 0 spiro atoms. The van der Waals surface area contributed by atoms with E-state index in [0.717, 1.165) is 16.5 Å². The molecule has 2 aromatic heterocycles. The summed E-state index contributed by atoms with van der Waals surface area (Å²) >= 11 is 7.41. The molecule has 0 saturated carbocycles. The number of thioether (sulfide) groups is 1. The number of imidazole rings is 1. The molecule has 0 amide bonds. The summed E-state index contributed by atoms with van der Waals surface area (Å²) in [6.07, 6.45) is 3.49. The number of pyridine rings is 1. The molecule has 2 rings (SSSR count). The average Bonchev–Trinajstić information content (AvgIpc) is 2.84. The van der Waals surface area contributed by atoms with Gasteiger partial charge in [-0.2, -0.15) is 0 Å². The zero-order chi connectivity index (χ0) is 14.5. The summed E-state index contributed by atoms with van der Waals surface area (Å²) < 4.78 is 12.6. The average molecular weight is 314 g/mol. The quantitative estimate of drug-likeness (QED) is 0.606. The Morgan fingerprint density at radius 1 is 1.30 bits per heavy atom. The molecule has 0 fully saturated rings. The van der Waals surface area contributed by atoms with Crippen LogP contribution in [0.3, 0.4) is 0 Å². The molecular formula is C13H16ClN3O2S. The van der Waals surface area contributed by atoms with Crippen molar-refractivity contribution in [3.63, 3.8) is 0 Å². The molecule has 0 N–H and O–H groups in total. The van der Waals surface area contributed by atoms with Crippen LogP contribution >= 0.6 is 23.4 Å². The molecule has 0 aliphatic heterocycles. The van der Waals surface area contributed by atoms with Gasteiger partial charge in [0.25, 0.3) is 0 Å². The third-order valence-corrected chi connectivity index (χ3v) is 4.21. The molecule has 0 unspecified atom stereocenters. The highest BCUT2D eigenvalue weighted by atomic mass is 35.5. The van der Waals surface area contributed by atoms with Crippen molar-refractivity contribution >= 4 is 23.4 Å². The molecule has 7 heteroatoms. The second-order valence-corrected chi connectivity index (χ2v) is 5.22. The third kappa shape index (κ3) is 3.02. The van der Waals surface area contributed by atoms with E-state index < -0.39 is 0 Å². The lowest BCUT2D eigenvalue weighted by atomic mass is 10.3.